The highest BCUT2D eigenvalue weighted by Gasteiger charge is 2.12. The first-order valence-corrected chi connectivity index (χ1v) is 8.28. The molecule has 5 heterocycles. The zero-order valence-electron chi connectivity index (χ0n) is 14.1. The molecule has 0 saturated heterocycles. The predicted molar refractivity (Wildman–Crippen MR) is 93.5 cm³/mol. The van der Waals surface area contributed by atoms with E-state index in [0.717, 1.165) is 16.8 Å². The first-order chi connectivity index (χ1) is 13.3. The lowest BCUT2D eigenvalue weighted by atomic mass is 10.2. The van der Waals surface area contributed by atoms with Crippen molar-refractivity contribution in [3.63, 3.8) is 0 Å². The van der Waals surface area contributed by atoms with Crippen molar-refractivity contribution in [2.45, 2.75) is 13.1 Å². The fraction of sp³-hybridized carbons (Fsp3) is 0.188. The molecule has 0 saturated carbocycles. The summed E-state index contributed by atoms with van der Waals surface area (Å²) < 4.78 is 5.06. The maximum Gasteiger partial charge on any atom is 0.221 e. The number of aliphatic hydroxyl groups excluding tert-OH is 1. The number of hydrogen-bond donors (Lipinski definition) is 1. The maximum atomic E-state index is 9.02. The summed E-state index contributed by atoms with van der Waals surface area (Å²) in [7, 11) is 0. The van der Waals surface area contributed by atoms with E-state index in [2.05, 4.69) is 35.5 Å². The average molecular weight is 362 g/mol. The fourth-order valence-corrected chi connectivity index (χ4v) is 2.85. The molecule has 0 atom stereocenters. The highest BCUT2D eigenvalue weighted by atomic mass is 16.3. The molecule has 0 unspecified atom stereocenters. The van der Waals surface area contributed by atoms with Gasteiger partial charge in [0.2, 0.25) is 5.65 Å². The number of nitrogens with zero attached hydrogens (tertiary/aromatic N) is 10. The molecule has 0 aliphatic rings. The summed E-state index contributed by atoms with van der Waals surface area (Å²) in [5.74, 6) is 0. The van der Waals surface area contributed by atoms with Gasteiger partial charge in [-0.3, -0.25) is 4.68 Å². The zero-order valence-corrected chi connectivity index (χ0v) is 14.1. The third-order valence-corrected chi connectivity index (χ3v) is 4.16. The monoisotopic (exact) mass is 362 g/mol. The van der Waals surface area contributed by atoms with Crippen LogP contribution in [0.3, 0.4) is 0 Å². The normalized spacial score (nSPS) is 11.6. The topological polar surface area (TPSA) is 125 Å². The molecule has 0 aliphatic carbocycles. The number of hydrogen-bond acceptors (Lipinski definition) is 8. The van der Waals surface area contributed by atoms with E-state index in [4.69, 9.17) is 5.11 Å². The Kier molecular flexibility index (Phi) is 3.57. The summed E-state index contributed by atoms with van der Waals surface area (Å²) in [4.78, 5) is 13.2. The molecule has 134 valence electrons. The molecule has 0 aliphatic heterocycles. The minimum absolute atomic E-state index is 0.0267. The predicted octanol–water partition coefficient (Wildman–Crippen LogP) is 0.168. The Bertz CT molecular complexity index is 1240. The van der Waals surface area contributed by atoms with Crippen molar-refractivity contribution >= 4 is 16.9 Å². The lowest BCUT2D eigenvalue weighted by Gasteiger charge is -2.03. The zero-order chi connectivity index (χ0) is 18.2. The van der Waals surface area contributed by atoms with Crippen LogP contribution in [0.25, 0.3) is 28.2 Å². The van der Waals surface area contributed by atoms with Gasteiger partial charge in [0, 0.05) is 18.0 Å². The molecule has 5 aromatic rings. The van der Waals surface area contributed by atoms with Gasteiger partial charge in [-0.15, -0.1) is 5.10 Å². The molecular formula is C16H14N10O. The summed E-state index contributed by atoms with van der Waals surface area (Å²) in [6, 6.07) is 3.89. The molecule has 0 bridgehead atoms. The summed E-state index contributed by atoms with van der Waals surface area (Å²) in [5.41, 5.74) is 4.32. The molecule has 0 spiro atoms. The Balaban J connectivity index is 1.50. The van der Waals surface area contributed by atoms with Gasteiger partial charge in [0.15, 0.2) is 11.3 Å². The van der Waals surface area contributed by atoms with Crippen molar-refractivity contribution < 1.29 is 5.11 Å². The van der Waals surface area contributed by atoms with Crippen LogP contribution in [0.15, 0.2) is 43.2 Å². The SMILES string of the molecule is OCCn1cc(-c2cnc3nnn(Cc4ccn5ncnc5c4)c3n2)cn1. The molecule has 0 radical (unpaired) electrons. The van der Waals surface area contributed by atoms with E-state index in [0.29, 0.717) is 30.1 Å². The van der Waals surface area contributed by atoms with E-state index in [1.165, 1.54) is 6.33 Å². The first kappa shape index (κ1) is 15.5. The second-order valence-corrected chi connectivity index (χ2v) is 5.96. The molecule has 27 heavy (non-hydrogen) atoms. The van der Waals surface area contributed by atoms with Crippen LogP contribution < -0.4 is 0 Å². The van der Waals surface area contributed by atoms with E-state index in [1.54, 1.807) is 26.3 Å². The molecule has 0 amide bonds. The standard InChI is InChI=1S/C16H14N10O/c27-4-3-24-9-12(6-19-24)13-7-17-15-16(21-13)26(23-22-15)8-11-1-2-25-14(5-11)18-10-20-25/h1-2,5-7,9-10,27H,3-4,8H2. The Morgan fingerprint density at radius 3 is 3.00 bits per heavy atom. The second-order valence-electron chi connectivity index (χ2n) is 5.96. The van der Waals surface area contributed by atoms with Crippen molar-refractivity contribution in [2.24, 2.45) is 0 Å². The van der Waals surface area contributed by atoms with Crippen LogP contribution in [-0.4, -0.2) is 61.1 Å². The van der Waals surface area contributed by atoms with Gasteiger partial charge in [-0.25, -0.2) is 24.1 Å². The average Bonchev–Trinajstić information content (AvgIpc) is 3.41. The van der Waals surface area contributed by atoms with Crippen LogP contribution in [0, 0.1) is 0 Å². The number of aliphatic hydroxyl groups is 1. The summed E-state index contributed by atoms with van der Waals surface area (Å²) >= 11 is 0. The van der Waals surface area contributed by atoms with E-state index in [9.17, 15) is 0 Å². The van der Waals surface area contributed by atoms with Crippen LogP contribution in [-0.2, 0) is 13.1 Å². The fourth-order valence-electron chi connectivity index (χ4n) is 2.85. The van der Waals surface area contributed by atoms with Crippen LogP contribution >= 0.6 is 0 Å². The van der Waals surface area contributed by atoms with Crippen molar-refractivity contribution in [3.8, 4) is 11.3 Å². The van der Waals surface area contributed by atoms with Gasteiger partial charge < -0.3 is 5.11 Å². The number of aromatic nitrogens is 10. The minimum atomic E-state index is 0.0267. The third kappa shape index (κ3) is 2.79. The summed E-state index contributed by atoms with van der Waals surface area (Å²) in [6.45, 7) is 0.945. The van der Waals surface area contributed by atoms with Crippen LogP contribution in [0.2, 0.25) is 0 Å². The van der Waals surface area contributed by atoms with Crippen molar-refractivity contribution in [1.82, 2.24) is 49.3 Å². The van der Waals surface area contributed by atoms with E-state index < -0.39 is 0 Å². The van der Waals surface area contributed by atoms with Gasteiger partial charge in [-0.05, 0) is 17.7 Å². The third-order valence-electron chi connectivity index (χ3n) is 4.16. The Morgan fingerprint density at radius 1 is 1.11 bits per heavy atom. The maximum absolute atomic E-state index is 9.02. The Labute approximate surface area is 151 Å². The number of fused-ring (bicyclic) bond motifs is 2. The first-order valence-electron chi connectivity index (χ1n) is 8.28. The highest BCUT2D eigenvalue weighted by molar-refractivity contribution is 5.69. The molecule has 11 heteroatoms. The van der Waals surface area contributed by atoms with Crippen LogP contribution in [0.4, 0.5) is 0 Å². The molecule has 1 N–H and O–H groups in total. The van der Waals surface area contributed by atoms with Crippen molar-refractivity contribution in [1.29, 1.82) is 0 Å². The Hall–Kier alpha value is -3.73. The van der Waals surface area contributed by atoms with Gasteiger partial charge in [0.25, 0.3) is 0 Å². The Morgan fingerprint density at radius 2 is 2.07 bits per heavy atom. The van der Waals surface area contributed by atoms with Crippen molar-refractivity contribution in [2.75, 3.05) is 6.61 Å². The van der Waals surface area contributed by atoms with Crippen LogP contribution in [0.5, 0.6) is 0 Å². The molecule has 0 fully saturated rings. The molecule has 0 aromatic carbocycles. The molecule has 11 nitrogen and oxygen atoms in total. The second kappa shape index (κ2) is 6.21. The summed E-state index contributed by atoms with van der Waals surface area (Å²) in [5, 5.41) is 25.6. The van der Waals surface area contributed by atoms with Gasteiger partial charge in [-0.2, -0.15) is 10.2 Å². The van der Waals surface area contributed by atoms with E-state index in [1.807, 2.05) is 24.5 Å². The summed E-state index contributed by atoms with van der Waals surface area (Å²) in [6.07, 6.45) is 8.52. The van der Waals surface area contributed by atoms with Gasteiger partial charge in [-0.1, -0.05) is 5.21 Å². The molecule has 5 rings (SSSR count). The number of rotatable bonds is 5. The highest BCUT2D eigenvalue weighted by Crippen LogP contribution is 2.18. The number of pyridine rings is 1. The molecular weight excluding hydrogens is 348 g/mol. The molecule has 5 aromatic heterocycles. The quantitative estimate of drug-likeness (QED) is 0.469. The smallest absolute Gasteiger partial charge is 0.221 e. The van der Waals surface area contributed by atoms with E-state index in [-0.39, 0.29) is 6.61 Å². The van der Waals surface area contributed by atoms with Gasteiger partial charge >= 0.3 is 0 Å². The van der Waals surface area contributed by atoms with Gasteiger partial charge in [0.05, 0.1) is 37.8 Å². The van der Waals surface area contributed by atoms with E-state index >= 15 is 0 Å². The van der Waals surface area contributed by atoms with Gasteiger partial charge in [0.1, 0.15) is 6.33 Å². The van der Waals surface area contributed by atoms with Crippen LogP contribution in [0.1, 0.15) is 5.56 Å². The van der Waals surface area contributed by atoms with Crippen molar-refractivity contribution in [3.05, 3.63) is 48.8 Å². The lowest BCUT2D eigenvalue weighted by molar-refractivity contribution is 0.269. The lowest BCUT2D eigenvalue weighted by Crippen LogP contribution is -2.04. The minimum Gasteiger partial charge on any atom is -0.394 e. The largest absolute Gasteiger partial charge is 0.394 e.